The molecule has 0 atom stereocenters. The predicted molar refractivity (Wildman–Crippen MR) is 90.1 cm³/mol. The van der Waals surface area contributed by atoms with E-state index in [1.165, 1.54) is 12.1 Å². The number of amides is 2. The number of carbonyl (C=O) groups excluding carboxylic acids is 2. The highest BCUT2D eigenvalue weighted by atomic mass is 32.2. The molecule has 0 unspecified atom stereocenters. The summed E-state index contributed by atoms with van der Waals surface area (Å²) in [7, 11) is 0.0837. The Morgan fingerprint density at radius 1 is 1.33 bits per heavy atom. The molecule has 0 aliphatic carbocycles. The van der Waals surface area contributed by atoms with Gasteiger partial charge in [0.2, 0.25) is 21.8 Å². The lowest BCUT2D eigenvalue weighted by Gasteiger charge is -2.11. The number of carbonyl (C=O) groups is 2. The van der Waals surface area contributed by atoms with Crippen molar-refractivity contribution >= 4 is 27.5 Å². The first-order valence-corrected chi connectivity index (χ1v) is 9.10. The summed E-state index contributed by atoms with van der Waals surface area (Å²) in [6.45, 7) is 1.01. The first-order chi connectivity index (χ1) is 11.3. The minimum Gasteiger partial charge on any atom is -0.355 e. The van der Waals surface area contributed by atoms with Gasteiger partial charge in [-0.15, -0.1) is 0 Å². The zero-order valence-electron chi connectivity index (χ0n) is 13.8. The normalized spacial score (nSPS) is 13.7. The van der Waals surface area contributed by atoms with Gasteiger partial charge in [-0.2, -0.15) is 0 Å². The molecule has 0 spiro atoms. The highest BCUT2D eigenvalue weighted by Gasteiger charge is 2.22. The molecule has 2 rings (SSSR count). The van der Waals surface area contributed by atoms with Gasteiger partial charge < -0.3 is 15.5 Å². The molecule has 8 nitrogen and oxygen atoms in total. The summed E-state index contributed by atoms with van der Waals surface area (Å²) in [6.07, 6.45) is 0.947. The third kappa shape index (κ3) is 5.02. The number of fused-ring (bicyclic) bond motifs is 1. The van der Waals surface area contributed by atoms with Gasteiger partial charge in [0.05, 0.1) is 17.9 Å². The Hall–Kier alpha value is -1.97. The van der Waals surface area contributed by atoms with Crippen molar-refractivity contribution < 1.29 is 18.0 Å². The highest BCUT2D eigenvalue weighted by Crippen LogP contribution is 2.25. The molecular formula is C15H22N4O4S. The van der Waals surface area contributed by atoms with Gasteiger partial charge >= 0.3 is 0 Å². The zero-order chi connectivity index (χ0) is 17.7. The van der Waals surface area contributed by atoms with Crippen molar-refractivity contribution in [2.45, 2.75) is 17.7 Å². The van der Waals surface area contributed by atoms with Crippen LogP contribution in [0.2, 0.25) is 0 Å². The van der Waals surface area contributed by atoms with Crippen LogP contribution in [0, 0.1) is 0 Å². The molecule has 132 valence electrons. The van der Waals surface area contributed by atoms with Crippen LogP contribution >= 0.6 is 0 Å². The minimum atomic E-state index is -3.80. The second-order valence-corrected chi connectivity index (χ2v) is 7.64. The molecule has 1 aliphatic heterocycles. The molecule has 0 saturated heterocycles. The number of benzene rings is 1. The first-order valence-electron chi connectivity index (χ1n) is 7.62. The average molecular weight is 354 g/mol. The van der Waals surface area contributed by atoms with Gasteiger partial charge in [0, 0.05) is 12.2 Å². The largest absolute Gasteiger partial charge is 0.355 e. The second-order valence-electron chi connectivity index (χ2n) is 5.88. The van der Waals surface area contributed by atoms with Crippen LogP contribution in [0.3, 0.4) is 0 Å². The van der Waals surface area contributed by atoms with Gasteiger partial charge in [-0.05, 0) is 50.8 Å². The van der Waals surface area contributed by atoms with Gasteiger partial charge in [-0.25, -0.2) is 13.1 Å². The van der Waals surface area contributed by atoms with Gasteiger partial charge in [0.15, 0.2) is 0 Å². The molecular weight excluding hydrogens is 332 g/mol. The summed E-state index contributed by atoms with van der Waals surface area (Å²) in [5, 5.41) is 5.30. The lowest BCUT2D eigenvalue weighted by Crippen LogP contribution is -2.37. The fourth-order valence-electron chi connectivity index (χ4n) is 2.30. The van der Waals surface area contributed by atoms with Crippen molar-refractivity contribution in [1.82, 2.24) is 14.9 Å². The molecule has 1 aromatic rings. The summed E-state index contributed by atoms with van der Waals surface area (Å²) in [5.74, 6) is -0.542. The molecule has 0 radical (unpaired) electrons. The van der Waals surface area contributed by atoms with E-state index in [4.69, 9.17) is 0 Å². The van der Waals surface area contributed by atoms with Crippen molar-refractivity contribution in [1.29, 1.82) is 0 Å². The maximum atomic E-state index is 12.2. The molecule has 1 heterocycles. The number of anilines is 1. The molecule has 0 bridgehead atoms. The maximum Gasteiger partial charge on any atom is 0.241 e. The summed E-state index contributed by atoms with van der Waals surface area (Å²) in [6, 6.07) is 4.41. The van der Waals surface area contributed by atoms with E-state index in [-0.39, 0.29) is 29.7 Å². The molecule has 24 heavy (non-hydrogen) atoms. The smallest absolute Gasteiger partial charge is 0.241 e. The van der Waals surface area contributed by atoms with E-state index in [0.717, 1.165) is 13.0 Å². The Morgan fingerprint density at radius 2 is 2.08 bits per heavy atom. The predicted octanol–water partition coefficient (Wildman–Crippen LogP) is -0.473. The lowest BCUT2D eigenvalue weighted by molar-refractivity contribution is -0.120. The second kappa shape index (κ2) is 7.73. The number of rotatable bonds is 8. The third-order valence-corrected chi connectivity index (χ3v) is 4.94. The van der Waals surface area contributed by atoms with Crippen LogP contribution in [0.25, 0.3) is 0 Å². The summed E-state index contributed by atoms with van der Waals surface area (Å²) in [5.41, 5.74) is 1.26. The average Bonchev–Trinajstić information content (AvgIpc) is 2.88. The molecule has 1 aromatic carbocycles. The number of hydrogen-bond donors (Lipinski definition) is 3. The molecule has 9 heteroatoms. The Bertz CT molecular complexity index is 731. The standard InChI is InChI=1S/C15H22N4O4S/c1-19(2)7-3-6-16-15(21)10-17-24(22,23)12-4-5-13-11(8-12)9-14(20)18-13/h4-5,8,17H,3,6-7,9-10H2,1-2H3,(H,16,21)(H,18,20). The highest BCUT2D eigenvalue weighted by molar-refractivity contribution is 7.89. The topological polar surface area (TPSA) is 108 Å². The maximum absolute atomic E-state index is 12.2. The Balaban J connectivity index is 1.87. The van der Waals surface area contributed by atoms with Crippen LogP contribution in [-0.4, -0.2) is 58.9 Å². The van der Waals surface area contributed by atoms with Crippen molar-refractivity contribution in [2.24, 2.45) is 0 Å². The molecule has 0 saturated carbocycles. The van der Waals surface area contributed by atoms with E-state index in [2.05, 4.69) is 15.4 Å². The Morgan fingerprint density at radius 3 is 2.79 bits per heavy atom. The number of nitrogens with one attached hydrogen (secondary N) is 3. The van der Waals surface area contributed by atoms with Crippen LogP contribution in [0.15, 0.2) is 23.1 Å². The van der Waals surface area contributed by atoms with Crippen molar-refractivity contribution in [3.63, 3.8) is 0 Å². The van der Waals surface area contributed by atoms with E-state index < -0.39 is 10.0 Å². The molecule has 0 aromatic heterocycles. The fraction of sp³-hybridized carbons (Fsp3) is 0.467. The molecule has 0 fully saturated rings. The van der Waals surface area contributed by atoms with Gasteiger partial charge in [-0.1, -0.05) is 0 Å². The van der Waals surface area contributed by atoms with Crippen molar-refractivity contribution in [3.05, 3.63) is 23.8 Å². The van der Waals surface area contributed by atoms with Crippen LogP contribution < -0.4 is 15.4 Å². The van der Waals surface area contributed by atoms with Gasteiger partial charge in [0.1, 0.15) is 0 Å². The summed E-state index contributed by atoms with van der Waals surface area (Å²) in [4.78, 5) is 25.0. The summed E-state index contributed by atoms with van der Waals surface area (Å²) < 4.78 is 26.7. The molecule has 2 amide bonds. The Labute approximate surface area is 141 Å². The van der Waals surface area contributed by atoms with E-state index in [9.17, 15) is 18.0 Å². The first kappa shape index (κ1) is 18.4. The van der Waals surface area contributed by atoms with E-state index in [1.807, 2.05) is 19.0 Å². The quantitative estimate of drug-likeness (QED) is 0.547. The van der Waals surface area contributed by atoms with Crippen LogP contribution in [0.4, 0.5) is 5.69 Å². The van der Waals surface area contributed by atoms with Crippen LogP contribution in [-0.2, 0) is 26.0 Å². The monoisotopic (exact) mass is 354 g/mol. The SMILES string of the molecule is CN(C)CCCNC(=O)CNS(=O)(=O)c1ccc2c(c1)CC(=O)N2. The third-order valence-electron chi connectivity index (χ3n) is 3.54. The van der Waals surface area contributed by atoms with Crippen molar-refractivity contribution in [2.75, 3.05) is 39.0 Å². The summed E-state index contributed by atoms with van der Waals surface area (Å²) >= 11 is 0. The fourth-order valence-corrected chi connectivity index (χ4v) is 3.33. The number of hydrogen-bond acceptors (Lipinski definition) is 5. The lowest BCUT2D eigenvalue weighted by atomic mass is 10.2. The zero-order valence-corrected chi connectivity index (χ0v) is 14.6. The van der Waals surface area contributed by atoms with Crippen LogP contribution in [0.1, 0.15) is 12.0 Å². The van der Waals surface area contributed by atoms with Gasteiger partial charge in [0.25, 0.3) is 0 Å². The van der Waals surface area contributed by atoms with Gasteiger partial charge in [-0.3, -0.25) is 9.59 Å². The molecule has 1 aliphatic rings. The Kier molecular flexibility index (Phi) is 5.92. The van der Waals surface area contributed by atoms with E-state index in [1.54, 1.807) is 6.07 Å². The number of nitrogens with zero attached hydrogens (tertiary/aromatic N) is 1. The van der Waals surface area contributed by atoms with E-state index >= 15 is 0 Å². The van der Waals surface area contributed by atoms with Crippen LogP contribution in [0.5, 0.6) is 0 Å². The molecule has 3 N–H and O–H groups in total. The van der Waals surface area contributed by atoms with Crippen molar-refractivity contribution in [3.8, 4) is 0 Å². The van der Waals surface area contributed by atoms with E-state index in [0.29, 0.717) is 17.8 Å². The minimum absolute atomic E-state index is 0.0400. The number of sulfonamides is 1.